The van der Waals surface area contributed by atoms with Gasteiger partial charge in [0.15, 0.2) is 0 Å². The van der Waals surface area contributed by atoms with Gasteiger partial charge in [-0.1, -0.05) is 37.3 Å². The van der Waals surface area contributed by atoms with E-state index in [1.807, 2.05) is 37.3 Å². The van der Waals surface area contributed by atoms with E-state index < -0.39 is 10.2 Å². The predicted molar refractivity (Wildman–Crippen MR) is 87.7 cm³/mol. The second kappa shape index (κ2) is 8.70. The van der Waals surface area contributed by atoms with E-state index >= 15 is 0 Å². The lowest BCUT2D eigenvalue weighted by atomic mass is 10.2. The Hall–Kier alpha value is -0.660. The second-order valence-corrected chi connectivity index (χ2v) is 6.81. The average molecular weight is 334 g/mol. The quantitative estimate of drug-likeness (QED) is 0.795. The van der Waals surface area contributed by atoms with E-state index in [1.165, 1.54) is 4.31 Å². The minimum absolute atomic E-state index is 0. The predicted octanol–water partition coefficient (Wildman–Crippen LogP) is 1.52. The Labute approximate surface area is 133 Å². The highest BCUT2D eigenvalue weighted by Crippen LogP contribution is 2.09. The smallest absolute Gasteiger partial charge is 0.279 e. The van der Waals surface area contributed by atoms with Gasteiger partial charge in [0, 0.05) is 25.7 Å². The molecule has 2 N–H and O–H groups in total. The molecule has 0 aliphatic carbocycles. The van der Waals surface area contributed by atoms with Crippen LogP contribution in [-0.4, -0.2) is 38.4 Å². The molecule has 0 saturated carbocycles. The van der Waals surface area contributed by atoms with Gasteiger partial charge in [-0.15, -0.1) is 12.4 Å². The molecule has 0 amide bonds. The van der Waals surface area contributed by atoms with Crippen molar-refractivity contribution in [2.75, 3.05) is 19.6 Å². The molecule has 0 aromatic heterocycles. The van der Waals surface area contributed by atoms with Crippen LogP contribution in [0.4, 0.5) is 0 Å². The summed E-state index contributed by atoms with van der Waals surface area (Å²) in [6, 6.07) is 9.92. The minimum atomic E-state index is -3.41. The lowest BCUT2D eigenvalue weighted by Gasteiger charge is -2.22. The molecule has 1 aliphatic heterocycles. The third kappa shape index (κ3) is 5.56. The van der Waals surface area contributed by atoms with Crippen molar-refractivity contribution in [1.82, 2.24) is 14.3 Å². The fraction of sp³-hybridized carbons (Fsp3) is 0.571. The second-order valence-electron chi connectivity index (χ2n) is 5.06. The van der Waals surface area contributed by atoms with Crippen LogP contribution < -0.4 is 10.0 Å². The summed E-state index contributed by atoms with van der Waals surface area (Å²) in [7, 11) is -3.41. The fourth-order valence-electron chi connectivity index (χ4n) is 2.38. The van der Waals surface area contributed by atoms with E-state index in [2.05, 4.69) is 10.0 Å². The van der Waals surface area contributed by atoms with Gasteiger partial charge in [0.05, 0.1) is 0 Å². The lowest BCUT2D eigenvalue weighted by Crippen LogP contribution is -2.44. The Kier molecular flexibility index (Phi) is 7.62. The number of halogens is 1. The molecular formula is C14H24ClN3O2S. The first-order valence-electron chi connectivity index (χ1n) is 7.14. The van der Waals surface area contributed by atoms with Gasteiger partial charge >= 0.3 is 0 Å². The van der Waals surface area contributed by atoms with E-state index in [-0.39, 0.29) is 18.4 Å². The van der Waals surface area contributed by atoms with Crippen LogP contribution in [0.1, 0.15) is 25.3 Å². The maximum atomic E-state index is 12.3. The van der Waals surface area contributed by atoms with Gasteiger partial charge in [-0.25, -0.2) is 4.72 Å². The summed E-state index contributed by atoms with van der Waals surface area (Å²) in [5.41, 5.74) is 0.999. The van der Waals surface area contributed by atoms with Crippen molar-refractivity contribution >= 4 is 22.6 Å². The van der Waals surface area contributed by atoms with Gasteiger partial charge in [0.2, 0.25) is 0 Å². The van der Waals surface area contributed by atoms with Crippen LogP contribution in [0.5, 0.6) is 0 Å². The van der Waals surface area contributed by atoms with Gasteiger partial charge in [-0.2, -0.15) is 12.7 Å². The third-order valence-electron chi connectivity index (χ3n) is 3.57. The zero-order chi connectivity index (χ0) is 14.4. The van der Waals surface area contributed by atoms with Gasteiger partial charge in [0.1, 0.15) is 0 Å². The Morgan fingerprint density at radius 1 is 1.33 bits per heavy atom. The number of hydrogen-bond acceptors (Lipinski definition) is 3. The van der Waals surface area contributed by atoms with Crippen molar-refractivity contribution in [3.05, 3.63) is 35.9 Å². The number of hydrogen-bond donors (Lipinski definition) is 2. The first-order chi connectivity index (χ1) is 9.62. The first-order valence-corrected chi connectivity index (χ1v) is 8.58. The van der Waals surface area contributed by atoms with Crippen molar-refractivity contribution in [2.45, 2.75) is 32.4 Å². The minimum Gasteiger partial charge on any atom is -0.313 e. The standard InChI is InChI=1S/C14H23N3O2S.ClH/c1-2-17(12-13-7-4-3-5-8-13)20(18,19)16-11-14-9-6-10-15-14;/h3-5,7-8,14-16H,2,6,9-12H2,1H3;1H. The van der Waals surface area contributed by atoms with Crippen molar-refractivity contribution in [3.8, 4) is 0 Å². The molecule has 1 fully saturated rings. The monoisotopic (exact) mass is 333 g/mol. The van der Waals surface area contributed by atoms with Crippen LogP contribution >= 0.6 is 12.4 Å². The zero-order valence-electron chi connectivity index (χ0n) is 12.3. The summed E-state index contributed by atoms with van der Waals surface area (Å²) in [6.45, 7) is 4.17. The molecule has 2 rings (SSSR count). The van der Waals surface area contributed by atoms with Gasteiger partial charge in [-0.3, -0.25) is 0 Å². The van der Waals surface area contributed by atoms with Crippen molar-refractivity contribution in [1.29, 1.82) is 0 Å². The zero-order valence-corrected chi connectivity index (χ0v) is 13.9. The molecule has 7 heteroatoms. The molecule has 120 valence electrons. The normalized spacial score (nSPS) is 18.7. The number of nitrogens with zero attached hydrogens (tertiary/aromatic N) is 1. The van der Waals surface area contributed by atoms with Crippen LogP contribution in [-0.2, 0) is 16.8 Å². The summed E-state index contributed by atoms with van der Waals surface area (Å²) >= 11 is 0. The van der Waals surface area contributed by atoms with Gasteiger partial charge < -0.3 is 5.32 Å². The van der Waals surface area contributed by atoms with Crippen LogP contribution in [0.3, 0.4) is 0 Å². The lowest BCUT2D eigenvalue weighted by molar-refractivity contribution is 0.410. The fourth-order valence-corrected chi connectivity index (χ4v) is 3.64. The van der Waals surface area contributed by atoms with Gasteiger partial charge in [-0.05, 0) is 24.9 Å². The summed E-state index contributed by atoms with van der Waals surface area (Å²) < 4.78 is 28.8. The maximum Gasteiger partial charge on any atom is 0.279 e. The molecule has 0 radical (unpaired) electrons. The topological polar surface area (TPSA) is 61.4 Å². The molecule has 1 unspecified atom stereocenters. The van der Waals surface area contributed by atoms with E-state index in [1.54, 1.807) is 0 Å². The highest BCUT2D eigenvalue weighted by Gasteiger charge is 2.22. The van der Waals surface area contributed by atoms with Crippen LogP contribution in [0.15, 0.2) is 30.3 Å². The summed E-state index contributed by atoms with van der Waals surface area (Å²) in [6.07, 6.45) is 2.15. The Morgan fingerprint density at radius 2 is 2.05 bits per heavy atom. The number of nitrogens with one attached hydrogen (secondary N) is 2. The van der Waals surface area contributed by atoms with Crippen molar-refractivity contribution < 1.29 is 8.42 Å². The van der Waals surface area contributed by atoms with Gasteiger partial charge in [0.25, 0.3) is 10.2 Å². The first kappa shape index (κ1) is 18.4. The molecule has 0 bridgehead atoms. The molecule has 5 nitrogen and oxygen atoms in total. The van der Waals surface area contributed by atoms with E-state index in [4.69, 9.17) is 0 Å². The summed E-state index contributed by atoms with van der Waals surface area (Å²) in [5, 5.41) is 3.29. The highest BCUT2D eigenvalue weighted by atomic mass is 35.5. The Balaban J connectivity index is 0.00000220. The Morgan fingerprint density at radius 3 is 2.62 bits per heavy atom. The maximum absolute atomic E-state index is 12.3. The van der Waals surface area contributed by atoms with Crippen LogP contribution in [0, 0.1) is 0 Å². The Bertz CT molecular complexity index is 504. The molecule has 0 spiro atoms. The molecular weight excluding hydrogens is 310 g/mol. The van der Waals surface area contributed by atoms with Crippen molar-refractivity contribution in [2.24, 2.45) is 0 Å². The average Bonchev–Trinajstić information content (AvgIpc) is 2.97. The van der Waals surface area contributed by atoms with E-state index in [0.29, 0.717) is 19.6 Å². The molecule has 1 atom stereocenters. The van der Waals surface area contributed by atoms with Crippen LogP contribution in [0.2, 0.25) is 0 Å². The molecule has 1 saturated heterocycles. The molecule has 1 aromatic rings. The van der Waals surface area contributed by atoms with Crippen LogP contribution in [0.25, 0.3) is 0 Å². The SMILES string of the molecule is CCN(Cc1ccccc1)S(=O)(=O)NCC1CCCN1.Cl. The highest BCUT2D eigenvalue weighted by molar-refractivity contribution is 7.87. The molecule has 1 heterocycles. The number of benzene rings is 1. The summed E-state index contributed by atoms with van der Waals surface area (Å²) in [4.78, 5) is 0. The van der Waals surface area contributed by atoms with E-state index in [9.17, 15) is 8.42 Å². The largest absolute Gasteiger partial charge is 0.313 e. The molecule has 1 aliphatic rings. The third-order valence-corrected chi connectivity index (χ3v) is 5.17. The molecule has 21 heavy (non-hydrogen) atoms. The van der Waals surface area contributed by atoms with Crippen molar-refractivity contribution in [3.63, 3.8) is 0 Å². The number of rotatable bonds is 7. The summed E-state index contributed by atoms with van der Waals surface area (Å²) in [5.74, 6) is 0. The van der Waals surface area contributed by atoms with E-state index in [0.717, 1.165) is 24.9 Å². The molecule has 1 aromatic carbocycles.